The lowest BCUT2D eigenvalue weighted by Gasteiger charge is -2.29. The van der Waals surface area contributed by atoms with E-state index >= 15 is 0 Å². The summed E-state index contributed by atoms with van der Waals surface area (Å²) in [5.74, 6) is -0.142. The number of hydrogen-bond donors (Lipinski definition) is 3. The minimum absolute atomic E-state index is 0.00411. The number of benzene rings is 1. The summed E-state index contributed by atoms with van der Waals surface area (Å²) in [4.78, 5) is 12.1. The maximum absolute atomic E-state index is 12.1. The third-order valence-corrected chi connectivity index (χ3v) is 4.18. The molecule has 0 saturated heterocycles. The highest BCUT2D eigenvalue weighted by atomic mass is 16.3. The lowest BCUT2D eigenvalue weighted by Crippen LogP contribution is -2.54. The summed E-state index contributed by atoms with van der Waals surface area (Å²) in [5, 5.41) is 12.5. The van der Waals surface area contributed by atoms with Crippen molar-refractivity contribution in [2.45, 2.75) is 50.1 Å². The van der Waals surface area contributed by atoms with Crippen molar-refractivity contribution in [2.75, 3.05) is 6.61 Å². The molecule has 1 saturated carbocycles. The number of rotatable bonds is 6. The lowest BCUT2D eigenvalue weighted by molar-refractivity contribution is -0.125. The third kappa shape index (κ3) is 3.81. The van der Waals surface area contributed by atoms with E-state index in [1.807, 2.05) is 30.3 Å². The first-order valence-corrected chi connectivity index (χ1v) is 7.38. The molecule has 110 valence electrons. The molecule has 0 aromatic heterocycles. The minimum atomic E-state index is -0.515. The Hall–Kier alpha value is -1.39. The summed E-state index contributed by atoms with van der Waals surface area (Å²) < 4.78 is 0. The maximum Gasteiger partial charge on any atom is 0.237 e. The van der Waals surface area contributed by atoms with E-state index in [9.17, 15) is 9.90 Å². The Morgan fingerprint density at radius 3 is 2.55 bits per heavy atom. The Balaban J connectivity index is 1.83. The number of carbonyl (C=O) groups is 1. The highest BCUT2D eigenvalue weighted by molar-refractivity contribution is 5.82. The molecule has 1 aromatic carbocycles. The number of aliphatic hydroxyl groups excluding tert-OH is 1. The molecular weight excluding hydrogens is 252 g/mol. The zero-order chi connectivity index (χ0) is 14.4. The summed E-state index contributed by atoms with van der Waals surface area (Å²) >= 11 is 0. The molecule has 4 N–H and O–H groups in total. The summed E-state index contributed by atoms with van der Waals surface area (Å²) in [7, 11) is 0. The van der Waals surface area contributed by atoms with Crippen LogP contribution in [0.25, 0.3) is 0 Å². The zero-order valence-corrected chi connectivity index (χ0v) is 11.8. The van der Waals surface area contributed by atoms with Gasteiger partial charge in [-0.15, -0.1) is 0 Å². The van der Waals surface area contributed by atoms with Crippen LogP contribution >= 0.6 is 0 Å². The first-order chi connectivity index (χ1) is 9.65. The van der Waals surface area contributed by atoms with Crippen molar-refractivity contribution >= 4 is 5.91 Å². The van der Waals surface area contributed by atoms with E-state index in [1.165, 1.54) is 5.56 Å². The van der Waals surface area contributed by atoms with Crippen LogP contribution < -0.4 is 11.1 Å². The largest absolute Gasteiger partial charge is 0.394 e. The van der Waals surface area contributed by atoms with E-state index in [0.717, 1.165) is 32.1 Å². The Labute approximate surface area is 120 Å². The molecule has 4 heteroatoms. The van der Waals surface area contributed by atoms with Crippen LogP contribution in [0.3, 0.4) is 0 Å². The standard InChI is InChI=1S/C16H24N2O2/c17-14(9-8-13-6-2-1-3-7-13)15(20)18-16(12-19)10-4-5-11-16/h1-3,6-7,14,19H,4-5,8-12,17H2,(H,18,20). The Morgan fingerprint density at radius 2 is 1.95 bits per heavy atom. The molecule has 0 heterocycles. The van der Waals surface area contributed by atoms with Gasteiger partial charge in [0.15, 0.2) is 0 Å². The molecule has 1 aliphatic rings. The SMILES string of the molecule is NC(CCc1ccccc1)C(=O)NC1(CO)CCCC1. The van der Waals surface area contributed by atoms with Crippen molar-refractivity contribution in [3.05, 3.63) is 35.9 Å². The van der Waals surface area contributed by atoms with Gasteiger partial charge in [-0.2, -0.15) is 0 Å². The van der Waals surface area contributed by atoms with Crippen LogP contribution in [0.2, 0.25) is 0 Å². The van der Waals surface area contributed by atoms with Crippen molar-refractivity contribution in [1.29, 1.82) is 0 Å². The van der Waals surface area contributed by atoms with E-state index < -0.39 is 11.6 Å². The molecule has 1 aliphatic carbocycles. The summed E-state index contributed by atoms with van der Waals surface area (Å²) in [6.45, 7) is 0.00411. The highest BCUT2D eigenvalue weighted by Gasteiger charge is 2.35. The number of nitrogens with two attached hydrogens (primary N) is 1. The van der Waals surface area contributed by atoms with E-state index in [-0.39, 0.29) is 12.5 Å². The molecule has 1 amide bonds. The number of carbonyl (C=O) groups excluding carboxylic acids is 1. The average molecular weight is 276 g/mol. The number of aliphatic hydroxyl groups is 1. The van der Waals surface area contributed by atoms with Crippen LogP contribution in [0, 0.1) is 0 Å². The first-order valence-electron chi connectivity index (χ1n) is 7.38. The molecule has 1 atom stereocenters. The molecular formula is C16H24N2O2. The molecule has 4 nitrogen and oxygen atoms in total. The van der Waals surface area contributed by atoms with Crippen molar-refractivity contribution in [2.24, 2.45) is 5.73 Å². The molecule has 20 heavy (non-hydrogen) atoms. The lowest BCUT2D eigenvalue weighted by atomic mass is 9.97. The van der Waals surface area contributed by atoms with E-state index in [1.54, 1.807) is 0 Å². The monoisotopic (exact) mass is 276 g/mol. The van der Waals surface area contributed by atoms with Gasteiger partial charge >= 0.3 is 0 Å². The Kier molecular flexibility index (Phi) is 5.15. The van der Waals surface area contributed by atoms with Crippen LogP contribution in [-0.2, 0) is 11.2 Å². The van der Waals surface area contributed by atoms with E-state index in [4.69, 9.17) is 5.73 Å². The van der Waals surface area contributed by atoms with Crippen LogP contribution in [0.15, 0.2) is 30.3 Å². The smallest absolute Gasteiger partial charge is 0.237 e. The number of aryl methyl sites for hydroxylation is 1. The fourth-order valence-corrected chi connectivity index (χ4v) is 2.83. The van der Waals surface area contributed by atoms with Gasteiger partial charge in [-0.25, -0.2) is 0 Å². The molecule has 1 unspecified atom stereocenters. The van der Waals surface area contributed by atoms with E-state index in [2.05, 4.69) is 5.32 Å². The van der Waals surface area contributed by atoms with Crippen LogP contribution in [0.1, 0.15) is 37.7 Å². The van der Waals surface area contributed by atoms with Gasteiger partial charge < -0.3 is 16.2 Å². The predicted octanol–water partition coefficient (Wildman–Crippen LogP) is 1.37. The molecule has 2 rings (SSSR count). The van der Waals surface area contributed by atoms with Crippen molar-refractivity contribution in [1.82, 2.24) is 5.32 Å². The first kappa shape index (κ1) is 15.0. The molecule has 0 aliphatic heterocycles. The molecule has 0 bridgehead atoms. The highest BCUT2D eigenvalue weighted by Crippen LogP contribution is 2.29. The normalized spacial score (nSPS) is 18.7. The fraction of sp³-hybridized carbons (Fsp3) is 0.562. The van der Waals surface area contributed by atoms with Crippen molar-refractivity contribution < 1.29 is 9.90 Å². The minimum Gasteiger partial charge on any atom is -0.394 e. The predicted molar refractivity (Wildman–Crippen MR) is 79.2 cm³/mol. The number of nitrogens with one attached hydrogen (secondary N) is 1. The second kappa shape index (κ2) is 6.86. The van der Waals surface area contributed by atoms with Gasteiger partial charge in [-0.3, -0.25) is 4.79 Å². The summed E-state index contributed by atoms with van der Waals surface area (Å²) in [6.07, 6.45) is 5.22. The fourth-order valence-electron chi connectivity index (χ4n) is 2.83. The van der Waals surface area contributed by atoms with E-state index in [0.29, 0.717) is 6.42 Å². The molecule has 1 fully saturated rings. The Morgan fingerprint density at radius 1 is 1.30 bits per heavy atom. The molecule has 1 aromatic rings. The van der Waals surface area contributed by atoms with Gasteiger partial charge in [-0.05, 0) is 31.2 Å². The van der Waals surface area contributed by atoms with Gasteiger partial charge in [0.05, 0.1) is 18.2 Å². The van der Waals surface area contributed by atoms with Crippen LogP contribution in [0.5, 0.6) is 0 Å². The maximum atomic E-state index is 12.1. The van der Waals surface area contributed by atoms with Gasteiger partial charge in [-0.1, -0.05) is 43.2 Å². The number of hydrogen-bond acceptors (Lipinski definition) is 3. The van der Waals surface area contributed by atoms with Gasteiger partial charge in [0.2, 0.25) is 5.91 Å². The van der Waals surface area contributed by atoms with Crippen LogP contribution in [-0.4, -0.2) is 29.2 Å². The Bertz CT molecular complexity index is 427. The number of amides is 1. The molecule has 0 radical (unpaired) electrons. The van der Waals surface area contributed by atoms with Gasteiger partial charge in [0.25, 0.3) is 0 Å². The zero-order valence-electron chi connectivity index (χ0n) is 11.8. The second-order valence-corrected chi connectivity index (χ2v) is 5.77. The average Bonchev–Trinajstić information content (AvgIpc) is 2.95. The van der Waals surface area contributed by atoms with Crippen LogP contribution in [0.4, 0.5) is 0 Å². The van der Waals surface area contributed by atoms with Gasteiger partial charge in [0.1, 0.15) is 0 Å². The third-order valence-electron chi connectivity index (χ3n) is 4.18. The topological polar surface area (TPSA) is 75.4 Å². The van der Waals surface area contributed by atoms with Crippen molar-refractivity contribution in [3.8, 4) is 0 Å². The molecule has 0 spiro atoms. The quantitative estimate of drug-likeness (QED) is 0.734. The second-order valence-electron chi connectivity index (χ2n) is 5.77. The summed E-state index contributed by atoms with van der Waals surface area (Å²) in [6, 6.07) is 9.51. The summed E-state index contributed by atoms with van der Waals surface area (Å²) in [5.41, 5.74) is 6.72. The van der Waals surface area contributed by atoms with Crippen molar-refractivity contribution in [3.63, 3.8) is 0 Å². The van der Waals surface area contributed by atoms with Gasteiger partial charge in [0, 0.05) is 0 Å².